The molecule has 5 heteroatoms. The van der Waals surface area contributed by atoms with Gasteiger partial charge in [-0.1, -0.05) is 6.42 Å². The van der Waals surface area contributed by atoms with E-state index in [1.807, 2.05) is 18.3 Å². The fraction of sp³-hybridized carbons (Fsp3) is 0.625. The molecule has 1 aliphatic heterocycles. The number of piperidine rings is 1. The number of aryl methyl sites for hydroxylation is 1. The van der Waals surface area contributed by atoms with Gasteiger partial charge in [-0.15, -0.1) is 0 Å². The molecule has 1 saturated heterocycles. The molecule has 1 N–H and O–H groups in total. The smallest absolute Gasteiger partial charge is 0.160 e. The predicted molar refractivity (Wildman–Crippen MR) is 83.4 cm³/mol. The lowest BCUT2D eigenvalue weighted by atomic mass is 10.1. The SMILES string of the molecule is COCCCc1nc2cccnc2n1CC1CCCCN1. The highest BCUT2D eigenvalue weighted by molar-refractivity contribution is 5.71. The topological polar surface area (TPSA) is 52.0 Å². The quantitative estimate of drug-likeness (QED) is 0.828. The monoisotopic (exact) mass is 288 g/mol. The van der Waals surface area contributed by atoms with Crippen LogP contribution in [0.4, 0.5) is 0 Å². The molecule has 2 aromatic heterocycles. The van der Waals surface area contributed by atoms with E-state index in [4.69, 9.17) is 9.72 Å². The lowest BCUT2D eigenvalue weighted by Crippen LogP contribution is -2.37. The largest absolute Gasteiger partial charge is 0.385 e. The maximum atomic E-state index is 5.16. The molecule has 0 bridgehead atoms. The highest BCUT2D eigenvalue weighted by atomic mass is 16.5. The summed E-state index contributed by atoms with van der Waals surface area (Å²) in [5.74, 6) is 1.13. The highest BCUT2D eigenvalue weighted by Gasteiger charge is 2.17. The minimum absolute atomic E-state index is 0.541. The second kappa shape index (κ2) is 7.00. The van der Waals surface area contributed by atoms with Crippen molar-refractivity contribution in [1.82, 2.24) is 19.9 Å². The van der Waals surface area contributed by atoms with Gasteiger partial charge in [0.05, 0.1) is 0 Å². The zero-order valence-electron chi connectivity index (χ0n) is 12.7. The lowest BCUT2D eigenvalue weighted by Gasteiger charge is -2.24. The lowest BCUT2D eigenvalue weighted by molar-refractivity contribution is 0.194. The summed E-state index contributed by atoms with van der Waals surface area (Å²) in [5.41, 5.74) is 2.01. The van der Waals surface area contributed by atoms with Crippen molar-refractivity contribution in [1.29, 1.82) is 0 Å². The van der Waals surface area contributed by atoms with Gasteiger partial charge in [0.15, 0.2) is 5.65 Å². The fourth-order valence-corrected chi connectivity index (χ4v) is 3.06. The summed E-state index contributed by atoms with van der Waals surface area (Å²) >= 11 is 0. The van der Waals surface area contributed by atoms with Gasteiger partial charge in [-0.25, -0.2) is 9.97 Å². The van der Waals surface area contributed by atoms with E-state index < -0.39 is 0 Å². The molecule has 1 atom stereocenters. The molecule has 1 fully saturated rings. The van der Waals surface area contributed by atoms with Crippen molar-refractivity contribution < 1.29 is 4.74 Å². The van der Waals surface area contributed by atoms with E-state index in [1.54, 1.807) is 7.11 Å². The van der Waals surface area contributed by atoms with Crippen LogP contribution in [0.2, 0.25) is 0 Å². The standard InChI is InChI=1S/C16H24N4O/c1-21-11-5-8-15-19-14-7-4-10-18-16(14)20(15)12-13-6-2-3-9-17-13/h4,7,10,13,17H,2-3,5-6,8-9,11-12H2,1H3. The van der Waals surface area contributed by atoms with E-state index in [2.05, 4.69) is 14.9 Å². The first-order valence-corrected chi connectivity index (χ1v) is 7.91. The van der Waals surface area contributed by atoms with Gasteiger partial charge in [0.25, 0.3) is 0 Å². The van der Waals surface area contributed by atoms with E-state index in [0.717, 1.165) is 49.5 Å². The van der Waals surface area contributed by atoms with Gasteiger partial charge in [-0.2, -0.15) is 0 Å². The third kappa shape index (κ3) is 3.41. The molecule has 0 amide bonds. The summed E-state index contributed by atoms with van der Waals surface area (Å²) in [6.45, 7) is 2.87. The number of aromatic nitrogens is 3. The van der Waals surface area contributed by atoms with Crippen molar-refractivity contribution in [2.75, 3.05) is 20.3 Å². The Labute approximate surface area is 125 Å². The third-order valence-electron chi connectivity index (χ3n) is 4.15. The van der Waals surface area contributed by atoms with Crippen LogP contribution < -0.4 is 5.32 Å². The molecule has 3 heterocycles. The van der Waals surface area contributed by atoms with Crippen LogP contribution in [0.3, 0.4) is 0 Å². The highest BCUT2D eigenvalue weighted by Crippen LogP contribution is 2.18. The summed E-state index contributed by atoms with van der Waals surface area (Å²) in [6.07, 6.45) is 7.64. The summed E-state index contributed by atoms with van der Waals surface area (Å²) < 4.78 is 7.46. The van der Waals surface area contributed by atoms with Crippen LogP contribution in [0.25, 0.3) is 11.2 Å². The van der Waals surface area contributed by atoms with E-state index >= 15 is 0 Å². The normalized spacial score (nSPS) is 19.2. The molecular formula is C16H24N4O. The van der Waals surface area contributed by atoms with Gasteiger partial charge >= 0.3 is 0 Å². The predicted octanol–water partition coefficient (Wildman–Crippen LogP) is 2.15. The minimum atomic E-state index is 0.541. The average molecular weight is 288 g/mol. The van der Waals surface area contributed by atoms with Gasteiger partial charge in [0, 0.05) is 38.9 Å². The molecule has 1 unspecified atom stereocenters. The second-order valence-electron chi connectivity index (χ2n) is 5.73. The molecule has 1 aliphatic rings. The zero-order valence-corrected chi connectivity index (χ0v) is 12.7. The summed E-state index contributed by atoms with van der Waals surface area (Å²) in [4.78, 5) is 9.30. The summed E-state index contributed by atoms with van der Waals surface area (Å²) in [7, 11) is 1.75. The van der Waals surface area contributed by atoms with E-state index in [-0.39, 0.29) is 0 Å². The number of pyridine rings is 1. The number of methoxy groups -OCH3 is 1. The molecule has 0 spiro atoms. The number of rotatable bonds is 6. The maximum Gasteiger partial charge on any atom is 0.160 e. The van der Waals surface area contributed by atoms with Crippen molar-refractivity contribution in [3.63, 3.8) is 0 Å². The molecule has 5 nitrogen and oxygen atoms in total. The molecule has 0 radical (unpaired) electrons. The number of imidazole rings is 1. The van der Waals surface area contributed by atoms with Crippen molar-refractivity contribution in [2.24, 2.45) is 0 Å². The van der Waals surface area contributed by atoms with Crippen molar-refractivity contribution >= 4 is 11.2 Å². The van der Waals surface area contributed by atoms with E-state index in [0.29, 0.717) is 6.04 Å². The minimum Gasteiger partial charge on any atom is -0.385 e. The number of ether oxygens (including phenoxy) is 1. The van der Waals surface area contributed by atoms with Gasteiger partial charge in [-0.05, 0) is 37.9 Å². The molecule has 2 aromatic rings. The number of hydrogen-bond donors (Lipinski definition) is 1. The van der Waals surface area contributed by atoms with E-state index in [9.17, 15) is 0 Å². The van der Waals surface area contributed by atoms with Gasteiger partial charge in [0.2, 0.25) is 0 Å². The van der Waals surface area contributed by atoms with Crippen LogP contribution in [0, 0.1) is 0 Å². The Morgan fingerprint density at radius 3 is 3.19 bits per heavy atom. The number of nitrogens with zero attached hydrogens (tertiary/aromatic N) is 3. The molecule has 0 aliphatic carbocycles. The van der Waals surface area contributed by atoms with Crippen LogP contribution >= 0.6 is 0 Å². The Morgan fingerprint density at radius 2 is 2.38 bits per heavy atom. The Hall–Kier alpha value is -1.46. The molecule has 114 valence electrons. The second-order valence-corrected chi connectivity index (χ2v) is 5.73. The third-order valence-corrected chi connectivity index (χ3v) is 4.15. The Morgan fingerprint density at radius 1 is 1.43 bits per heavy atom. The molecule has 0 saturated carbocycles. The Kier molecular flexibility index (Phi) is 4.83. The van der Waals surface area contributed by atoms with Gasteiger partial charge < -0.3 is 14.6 Å². The van der Waals surface area contributed by atoms with Gasteiger partial charge in [0.1, 0.15) is 11.3 Å². The van der Waals surface area contributed by atoms with Crippen LogP contribution in [0.5, 0.6) is 0 Å². The van der Waals surface area contributed by atoms with Crippen LogP contribution in [-0.4, -0.2) is 40.8 Å². The molecule has 3 rings (SSSR count). The summed E-state index contributed by atoms with van der Waals surface area (Å²) in [5, 5.41) is 3.62. The fourth-order valence-electron chi connectivity index (χ4n) is 3.06. The van der Waals surface area contributed by atoms with Crippen molar-refractivity contribution in [3.8, 4) is 0 Å². The number of nitrogens with one attached hydrogen (secondary N) is 1. The first-order chi connectivity index (χ1) is 10.4. The number of hydrogen-bond acceptors (Lipinski definition) is 4. The molecule has 21 heavy (non-hydrogen) atoms. The Bertz CT molecular complexity index is 575. The van der Waals surface area contributed by atoms with Crippen molar-refractivity contribution in [3.05, 3.63) is 24.2 Å². The molecule has 0 aromatic carbocycles. The summed E-state index contributed by atoms with van der Waals surface area (Å²) in [6, 6.07) is 4.55. The first kappa shape index (κ1) is 14.5. The number of fused-ring (bicyclic) bond motifs is 1. The molecular weight excluding hydrogens is 264 g/mol. The first-order valence-electron chi connectivity index (χ1n) is 7.91. The van der Waals surface area contributed by atoms with Crippen LogP contribution in [-0.2, 0) is 17.7 Å². The zero-order chi connectivity index (χ0) is 14.5. The van der Waals surface area contributed by atoms with Crippen LogP contribution in [0.15, 0.2) is 18.3 Å². The van der Waals surface area contributed by atoms with Crippen LogP contribution in [0.1, 0.15) is 31.5 Å². The van der Waals surface area contributed by atoms with Gasteiger partial charge in [-0.3, -0.25) is 0 Å². The Balaban J connectivity index is 1.83. The maximum absolute atomic E-state index is 5.16. The van der Waals surface area contributed by atoms with E-state index in [1.165, 1.54) is 19.3 Å². The average Bonchev–Trinajstić information content (AvgIpc) is 2.87. The van der Waals surface area contributed by atoms with Crippen molar-refractivity contribution in [2.45, 2.75) is 44.7 Å².